The molecule has 2 aromatic heterocycles. The molecule has 160 valence electrons. The average molecular weight is 420 g/mol. The number of ether oxygens (including phenoxy) is 3. The molecular formula is C23H24N4O4. The van der Waals surface area contributed by atoms with E-state index in [0.717, 1.165) is 11.3 Å². The number of carbonyl (C=O) groups excluding carboxylic acids is 1. The van der Waals surface area contributed by atoms with E-state index in [4.69, 9.17) is 29.9 Å². The fourth-order valence-electron chi connectivity index (χ4n) is 3.59. The van der Waals surface area contributed by atoms with E-state index < -0.39 is 12.1 Å². The molecule has 4 aromatic rings. The summed E-state index contributed by atoms with van der Waals surface area (Å²) in [6.07, 6.45) is -0.432. The zero-order valence-electron chi connectivity index (χ0n) is 17.7. The van der Waals surface area contributed by atoms with Gasteiger partial charge in [-0.15, -0.1) is 0 Å². The Balaban J connectivity index is 1.89. The lowest BCUT2D eigenvalue weighted by Gasteiger charge is -2.13. The van der Waals surface area contributed by atoms with Gasteiger partial charge in [-0.2, -0.15) is 0 Å². The van der Waals surface area contributed by atoms with E-state index >= 15 is 0 Å². The van der Waals surface area contributed by atoms with E-state index in [-0.39, 0.29) is 18.0 Å². The van der Waals surface area contributed by atoms with Crippen LogP contribution in [0, 0.1) is 0 Å². The van der Waals surface area contributed by atoms with Gasteiger partial charge in [-0.05, 0) is 25.1 Å². The molecule has 0 aliphatic rings. The third-order valence-corrected chi connectivity index (χ3v) is 5.03. The van der Waals surface area contributed by atoms with E-state index in [0.29, 0.717) is 28.7 Å². The normalized spacial score (nSPS) is 12.2. The zero-order valence-corrected chi connectivity index (χ0v) is 17.7. The Morgan fingerprint density at radius 1 is 1.06 bits per heavy atom. The van der Waals surface area contributed by atoms with Crippen LogP contribution < -0.4 is 10.5 Å². The molecule has 2 N–H and O–H groups in total. The summed E-state index contributed by atoms with van der Waals surface area (Å²) < 4.78 is 17.9. The maximum atomic E-state index is 13.0. The number of esters is 1. The lowest BCUT2D eigenvalue weighted by Crippen LogP contribution is -2.20. The number of para-hydroxylation sites is 3. The number of nitrogens with two attached hydrogens (primary N) is 1. The molecule has 2 heterocycles. The fraction of sp³-hybridized carbons (Fsp3) is 0.261. The second-order valence-electron chi connectivity index (χ2n) is 7.21. The number of nitrogen functional groups attached to an aromatic ring is 1. The maximum absolute atomic E-state index is 13.0. The molecule has 8 heteroatoms. The number of rotatable bonds is 7. The summed E-state index contributed by atoms with van der Waals surface area (Å²) in [6.45, 7) is 2.40. The van der Waals surface area contributed by atoms with Crippen molar-refractivity contribution in [1.29, 1.82) is 0 Å². The van der Waals surface area contributed by atoms with Gasteiger partial charge in [0.2, 0.25) is 0 Å². The van der Waals surface area contributed by atoms with Gasteiger partial charge in [0, 0.05) is 12.7 Å². The van der Waals surface area contributed by atoms with E-state index in [1.54, 1.807) is 25.7 Å². The zero-order chi connectivity index (χ0) is 22.0. The molecule has 0 unspecified atom stereocenters. The first kappa shape index (κ1) is 20.6. The van der Waals surface area contributed by atoms with Crippen LogP contribution in [-0.4, -0.2) is 47.4 Å². The Labute approximate surface area is 179 Å². The predicted octanol–water partition coefficient (Wildman–Crippen LogP) is 3.42. The molecule has 0 bridgehead atoms. The Kier molecular flexibility index (Phi) is 5.73. The summed E-state index contributed by atoms with van der Waals surface area (Å²) in [5.41, 5.74) is 9.87. The van der Waals surface area contributed by atoms with Gasteiger partial charge >= 0.3 is 5.97 Å². The summed E-state index contributed by atoms with van der Waals surface area (Å²) in [5, 5.41) is 0. The van der Waals surface area contributed by atoms with Gasteiger partial charge in [0.25, 0.3) is 0 Å². The first-order chi connectivity index (χ1) is 15.0. The molecule has 1 atom stereocenters. The maximum Gasteiger partial charge on any atom is 0.344 e. The highest BCUT2D eigenvalue weighted by Crippen LogP contribution is 2.31. The summed E-state index contributed by atoms with van der Waals surface area (Å²) in [5.74, 6) is 0.400. The van der Waals surface area contributed by atoms with Crippen LogP contribution in [0.4, 0.5) is 5.82 Å². The van der Waals surface area contributed by atoms with Crippen LogP contribution in [-0.2, 0) is 16.0 Å². The number of aromatic nitrogens is 3. The number of fused-ring (bicyclic) bond motifs is 2. The average Bonchev–Trinajstić information content (AvgIpc) is 3.03. The minimum atomic E-state index is -0.560. The van der Waals surface area contributed by atoms with E-state index in [2.05, 4.69) is 0 Å². The van der Waals surface area contributed by atoms with E-state index in [9.17, 15) is 4.79 Å². The molecule has 0 amide bonds. The Morgan fingerprint density at radius 3 is 2.45 bits per heavy atom. The first-order valence-corrected chi connectivity index (χ1v) is 9.89. The third-order valence-electron chi connectivity index (χ3n) is 5.03. The van der Waals surface area contributed by atoms with Crippen LogP contribution in [0.1, 0.15) is 22.8 Å². The smallest absolute Gasteiger partial charge is 0.344 e. The van der Waals surface area contributed by atoms with Crippen molar-refractivity contribution >= 4 is 34.0 Å². The summed E-state index contributed by atoms with van der Waals surface area (Å²) in [7, 11) is 3.17. The van der Waals surface area contributed by atoms with Crippen molar-refractivity contribution in [1.82, 2.24) is 14.5 Å². The second kappa shape index (κ2) is 8.61. The highest BCUT2D eigenvalue weighted by atomic mass is 16.6. The van der Waals surface area contributed by atoms with Gasteiger partial charge in [0.15, 0.2) is 5.65 Å². The van der Waals surface area contributed by atoms with Gasteiger partial charge in [-0.25, -0.2) is 14.8 Å². The fourth-order valence-corrected chi connectivity index (χ4v) is 3.59. The minimum absolute atomic E-state index is 0.200. The van der Waals surface area contributed by atoms with Crippen LogP contribution in [0.15, 0.2) is 48.5 Å². The summed E-state index contributed by atoms with van der Waals surface area (Å²) in [6, 6.07) is 15.1. The molecule has 0 aliphatic heterocycles. The van der Waals surface area contributed by atoms with Crippen LogP contribution in [0.5, 0.6) is 5.75 Å². The van der Waals surface area contributed by atoms with Crippen molar-refractivity contribution in [2.75, 3.05) is 26.6 Å². The van der Waals surface area contributed by atoms with Gasteiger partial charge < -0.3 is 24.5 Å². The minimum Gasteiger partial charge on any atom is -0.496 e. The molecule has 0 saturated carbocycles. The van der Waals surface area contributed by atoms with E-state index in [1.807, 2.05) is 48.5 Å². The monoisotopic (exact) mass is 420 g/mol. The van der Waals surface area contributed by atoms with Gasteiger partial charge in [0.1, 0.15) is 28.8 Å². The molecule has 0 spiro atoms. The number of hydrogen-bond donors (Lipinski definition) is 1. The van der Waals surface area contributed by atoms with Crippen molar-refractivity contribution in [3.8, 4) is 5.75 Å². The Morgan fingerprint density at radius 2 is 1.74 bits per heavy atom. The topological polar surface area (TPSA) is 101 Å². The number of nitrogens with zero attached hydrogens (tertiary/aromatic N) is 3. The van der Waals surface area contributed by atoms with Crippen molar-refractivity contribution in [3.63, 3.8) is 0 Å². The van der Waals surface area contributed by atoms with Crippen LogP contribution in [0.25, 0.3) is 22.2 Å². The highest BCUT2D eigenvalue weighted by molar-refractivity contribution is 6.08. The molecule has 31 heavy (non-hydrogen) atoms. The van der Waals surface area contributed by atoms with Crippen molar-refractivity contribution < 1.29 is 19.0 Å². The Hall–Kier alpha value is -3.65. The second-order valence-corrected chi connectivity index (χ2v) is 7.21. The van der Waals surface area contributed by atoms with Gasteiger partial charge in [0.05, 0.1) is 31.3 Å². The lowest BCUT2D eigenvalue weighted by molar-refractivity contribution is 0.0123. The molecule has 0 radical (unpaired) electrons. The predicted molar refractivity (Wildman–Crippen MR) is 118 cm³/mol. The molecule has 8 nitrogen and oxygen atoms in total. The molecule has 2 aromatic carbocycles. The number of anilines is 1. The SMILES string of the molecule is COC[C@H](C)OC(=O)c1c(N)n(Cc2ccccc2OC)c2nc3ccccc3nc12. The molecule has 0 fully saturated rings. The van der Waals surface area contributed by atoms with Gasteiger partial charge in [-0.1, -0.05) is 30.3 Å². The van der Waals surface area contributed by atoms with Crippen LogP contribution in [0.2, 0.25) is 0 Å². The molecular weight excluding hydrogens is 396 g/mol. The molecule has 0 saturated heterocycles. The van der Waals surface area contributed by atoms with E-state index in [1.165, 1.54) is 0 Å². The van der Waals surface area contributed by atoms with Crippen LogP contribution in [0.3, 0.4) is 0 Å². The number of carbonyl (C=O) groups is 1. The quantitative estimate of drug-likeness (QED) is 0.457. The standard InChI is InChI=1S/C23H24N4O4/c1-14(13-29-2)31-23(28)19-20-22(26-17-10-6-5-9-16(17)25-20)27(21(19)24)12-15-8-4-7-11-18(15)30-3/h4-11,14H,12-13,24H2,1-3H3/t14-/m0/s1. The highest BCUT2D eigenvalue weighted by Gasteiger charge is 2.26. The molecule has 0 aliphatic carbocycles. The lowest BCUT2D eigenvalue weighted by atomic mass is 10.2. The summed E-state index contributed by atoms with van der Waals surface area (Å²) in [4.78, 5) is 22.5. The number of benzene rings is 2. The Bertz CT molecular complexity index is 1250. The number of hydrogen-bond acceptors (Lipinski definition) is 7. The third kappa shape index (κ3) is 3.89. The first-order valence-electron chi connectivity index (χ1n) is 9.89. The van der Waals surface area contributed by atoms with Crippen molar-refractivity contribution in [2.24, 2.45) is 0 Å². The molecule has 4 rings (SSSR count). The van der Waals surface area contributed by atoms with Gasteiger partial charge in [-0.3, -0.25) is 0 Å². The number of methoxy groups -OCH3 is 2. The van der Waals surface area contributed by atoms with Crippen LogP contribution >= 0.6 is 0 Å². The van der Waals surface area contributed by atoms with Crippen molar-refractivity contribution in [3.05, 3.63) is 59.7 Å². The largest absolute Gasteiger partial charge is 0.496 e. The summed E-state index contributed by atoms with van der Waals surface area (Å²) >= 11 is 0. The van der Waals surface area contributed by atoms with Crippen molar-refractivity contribution in [2.45, 2.75) is 19.6 Å².